The van der Waals surface area contributed by atoms with E-state index in [0.717, 1.165) is 0 Å². The first-order valence-electron chi connectivity index (χ1n) is 5.24. The molecule has 0 aliphatic rings. The maximum Gasteiger partial charge on any atom is 0.573 e. The van der Waals surface area contributed by atoms with Crippen LogP contribution in [0.1, 0.15) is 12.5 Å². The van der Waals surface area contributed by atoms with Gasteiger partial charge in [0, 0.05) is 6.07 Å². The zero-order chi connectivity index (χ0) is 16.4. The fourth-order valence-corrected chi connectivity index (χ4v) is 1.45. The SMILES string of the molecule is CCOc1cc(OC(F)(F)F)cc(C(F)(F)F)c1[N+](=O)[O-]. The molecule has 0 saturated carbocycles. The second kappa shape index (κ2) is 5.66. The molecule has 11 heteroatoms. The van der Waals surface area contributed by atoms with Crippen molar-refractivity contribution in [1.29, 1.82) is 0 Å². The van der Waals surface area contributed by atoms with Gasteiger partial charge in [-0.15, -0.1) is 13.2 Å². The van der Waals surface area contributed by atoms with E-state index in [1.165, 1.54) is 6.92 Å². The average molecular weight is 319 g/mol. The molecule has 0 aliphatic heterocycles. The van der Waals surface area contributed by atoms with E-state index in [9.17, 15) is 36.5 Å². The van der Waals surface area contributed by atoms with Gasteiger partial charge < -0.3 is 9.47 Å². The molecule has 0 saturated heterocycles. The van der Waals surface area contributed by atoms with E-state index in [0.29, 0.717) is 6.07 Å². The quantitative estimate of drug-likeness (QED) is 0.479. The maximum absolute atomic E-state index is 12.7. The van der Waals surface area contributed by atoms with Gasteiger partial charge in [0.2, 0.25) is 5.75 Å². The number of hydrogen-bond donors (Lipinski definition) is 0. The second-order valence-electron chi connectivity index (χ2n) is 3.55. The highest BCUT2D eigenvalue weighted by molar-refractivity contribution is 5.58. The van der Waals surface area contributed by atoms with E-state index in [2.05, 4.69) is 9.47 Å². The fourth-order valence-electron chi connectivity index (χ4n) is 1.45. The van der Waals surface area contributed by atoms with Crippen LogP contribution < -0.4 is 9.47 Å². The third-order valence-electron chi connectivity index (χ3n) is 2.07. The van der Waals surface area contributed by atoms with Crippen LogP contribution >= 0.6 is 0 Å². The Morgan fingerprint density at radius 2 is 1.76 bits per heavy atom. The number of nitrogens with zero attached hydrogens (tertiary/aromatic N) is 1. The number of halogens is 6. The van der Waals surface area contributed by atoms with E-state index < -0.39 is 40.2 Å². The third-order valence-corrected chi connectivity index (χ3v) is 2.07. The van der Waals surface area contributed by atoms with Crippen molar-refractivity contribution in [3.05, 3.63) is 27.8 Å². The minimum Gasteiger partial charge on any atom is -0.487 e. The second-order valence-corrected chi connectivity index (χ2v) is 3.55. The number of benzene rings is 1. The molecule has 0 bridgehead atoms. The normalized spacial score (nSPS) is 12.1. The van der Waals surface area contributed by atoms with Crippen LogP contribution in [0.2, 0.25) is 0 Å². The van der Waals surface area contributed by atoms with Crippen molar-refractivity contribution in [3.63, 3.8) is 0 Å². The molecule has 0 radical (unpaired) electrons. The molecule has 0 amide bonds. The maximum atomic E-state index is 12.7. The molecule has 0 unspecified atom stereocenters. The van der Waals surface area contributed by atoms with Crippen molar-refractivity contribution in [1.82, 2.24) is 0 Å². The molecular formula is C10H7F6NO4. The minimum absolute atomic E-state index is 0.103. The van der Waals surface area contributed by atoms with Crippen LogP contribution in [-0.4, -0.2) is 17.9 Å². The Morgan fingerprint density at radius 3 is 2.14 bits per heavy atom. The summed E-state index contributed by atoms with van der Waals surface area (Å²) >= 11 is 0. The predicted octanol–water partition coefficient (Wildman–Crippen LogP) is 3.91. The molecule has 0 atom stereocenters. The standard InChI is InChI=1S/C10H7F6NO4/c1-2-20-7-4-5(21-10(14,15)16)3-6(9(11,12)13)8(7)17(18)19/h3-4H,2H2,1H3. The van der Waals surface area contributed by atoms with E-state index in [1.807, 2.05) is 0 Å². The summed E-state index contributed by atoms with van der Waals surface area (Å²) in [6, 6.07) is 0.276. The number of nitro groups is 1. The summed E-state index contributed by atoms with van der Waals surface area (Å²) in [5, 5.41) is 10.7. The summed E-state index contributed by atoms with van der Waals surface area (Å²) in [5.41, 5.74) is -3.36. The Labute approximate surface area is 113 Å². The number of nitro benzene ring substituents is 1. The highest BCUT2D eigenvalue weighted by atomic mass is 19.4. The molecule has 1 aromatic rings. The third kappa shape index (κ3) is 4.39. The molecule has 0 fully saturated rings. The first-order chi connectivity index (χ1) is 9.45. The molecule has 0 aromatic heterocycles. The van der Waals surface area contributed by atoms with Crippen molar-refractivity contribution in [2.75, 3.05) is 6.61 Å². The zero-order valence-electron chi connectivity index (χ0n) is 10.2. The Hall–Kier alpha value is -2.20. The summed E-state index contributed by atoms with van der Waals surface area (Å²) in [7, 11) is 0. The highest BCUT2D eigenvalue weighted by Crippen LogP contribution is 2.44. The van der Waals surface area contributed by atoms with Gasteiger partial charge in [-0.05, 0) is 13.0 Å². The number of hydrogen-bond acceptors (Lipinski definition) is 4. The molecule has 21 heavy (non-hydrogen) atoms. The van der Waals surface area contributed by atoms with Crippen LogP contribution in [-0.2, 0) is 6.18 Å². The van der Waals surface area contributed by atoms with Crippen LogP contribution in [0.4, 0.5) is 32.0 Å². The van der Waals surface area contributed by atoms with Crippen molar-refractivity contribution in [2.45, 2.75) is 19.5 Å². The van der Waals surface area contributed by atoms with Gasteiger partial charge in [-0.1, -0.05) is 0 Å². The van der Waals surface area contributed by atoms with Gasteiger partial charge in [0.25, 0.3) is 0 Å². The van der Waals surface area contributed by atoms with Crippen LogP contribution in [0.5, 0.6) is 11.5 Å². The van der Waals surface area contributed by atoms with Crippen molar-refractivity contribution < 1.29 is 40.7 Å². The largest absolute Gasteiger partial charge is 0.573 e. The van der Waals surface area contributed by atoms with Gasteiger partial charge in [0.15, 0.2) is 0 Å². The van der Waals surface area contributed by atoms with Gasteiger partial charge in [-0.3, -0.25) is 10.1 Å². The lowest BCUT2D eigenvalue weighted by molar-refractivity contribution is -0.389. The smallest absolute Gasteiger partial charge is 0.487 e. The summed E-state index contributed by atoms with van der Waals surface area (Å²) < 4.78 is 82.4. The van der Waals surface area contributed by atoms with Gasteiger partial charge in [-0.25, -0.2) is 0 Å². The fraction of sp³-hybridized carbons (Fsp3) is 0.400. The van der Waals surface area contributed by atoms with Crippen LogP contribution in [0, 0.1) is 10.1 Å². The molecular weight excluding hydrogens is 312 g/mol. The zero-order valence-corrected chi connectivity index (χ0v) is 10.2. The molecule has 5 nitrogen and oxygen atoms in total. The Morgan fingerprint density at radius 1 is 1.19 bits per heavy atom. The van der Waals surface area contributed by atoms with Crippen LogP contribution in [0.15, 0.2) is 12.1 Å². The predicted molar refractivity (Wildman–Crippen MR) is 56.0 cm³/mol. The topological polar surface area (TPSA) is 61.6 Å². The van der Waals surface area contributed by atoms with E-state index in [-0.39, 0.29) is 12.7 Å². The number of alkyl halides is 6. The summed E-state index contributed by atoms with van der Waals surface area (Å²) in [4.78, 5) is 9.34. The molecule has 0 aliphatic carbocycles. The van der Waals surface area contributed by atoms with E-state index in [4.69, 9.17) is 0 Å². The van der Waals surface area contributed by atoms with Crippen molar-refractivity contribution in [3.8, 4) is 11.5 Å². The van der Waals surface area contributed by atoms with Gasteiger partial charge in [0.05, 0.1) is 11.5 Å². The molecule has 118 valence electrons. The van der Waals surface area contributed by atoms with E-state index in [1.54, 1.807) is 0 Å². The number of rotatable bonds is 4. The lowest BCUT2D eigenvalue weighted by Gasteiger charge is -2.15. The van der Waals surface area contributed by atoms with Crippen LogP contribution in [0.3, 0.4) is 0 Å². The first-order valence-corrected chi connectivity index (χ1v) is 5.24. The lowest BCUT2D eigenvalue weighted by atomic mass is 10.1. The average Bonchev–Trinajstić information content (AvgIpc) is 2.24. The Bertz CT molecular complexity index is 540. The van der Waals surface area contributed by atoms with E-state index >= 15 is 0 Å². The lowest BCUT2D eigenvalue weighted by Crippen LogP contribution is -2.18. The molecule has 1 aromatic carbocycles. The first kappa shape index (κ1) is 16.9. The molecule has 0 heterocycles. The highest BCUT2D eigenvalue weighted by Gasteiger charge is 2.42. The number of ether oxygens (including phenoxy) is 2. The van der Waals surface area contributed by atoms with Crippen molar-refractivity contribution >= 4 is 5.69 Å². The van der Waals surface area contributed by atoms with Crippen LogP contribution in [0.25, 0.3) is 0 Å². The summed E-state index contributed by atoms with van der Waals surface area (Å²) in [6.07, 6.45) is -10.5. The summed E-state index contributed by atoms with van der Waals surface area (Å²) in [5.74, 6) is -2.22. The van der Waals surface area contributed by atoms with Gasteiger partial charge >= 0.3 is 18.2 Å². The van der Waals surface area contributed by atoms with Crippen molar-refractivity contribution in [2.24, 2.45) is 0 Å². The Kier molecular flexibility index (Phi) is 4.54. The van der Waals surface area contributed by atoms with Gasteiger partial charge in [-0.2, -0.15) is 13.2 Å². The Balaban J connectivity index is 3.53. The molecule has 1 rings (SSSR count). The summed E-state index contributed by atoms with van der Waals surface area (Å²) in [6.45, 7) is 1.02. The molecule has 0 N–H and O–H groups in total. The minimum atomic E-state index is -5.25. The monoisotopic (exact) mass is 319 g/mol. The van der Waals surface area contributed by atoms with Gasteiger partial charge in [0.1, 0.15) is 11.3 Å². The molecule has 0 spiro atoms.